The van der Waals surface area contributed by atoms with Crippen LogP contribution in [0.5, 0.6) is 5.75 Å². The number of aliphatic imine (C=N–C) groups is 1. The third kappa shape index (κ3) is 2.08. The summed E-state index contributed by atoms with van der Waals surface area (Å²) in [5, 5.41) is 9.48. The molecule has 1 aliphatic carbocycles. The first-order chi connectivity index (χ1) is 8.76. The lowest BCUT2D eigenvalue weighted by atomic mass is 9.84. The van der Waals surface area contributed by atoms with Crippen LogP contribution in [-0.2, 0) is 4.74 Å². The third-order valence-corrected chi connectivity index (χ3v) is 3.84. The second-order valence-corrected chi connectivity index (χ2v) is 5.12. The van der Waals surface area contributed by atoms with Crippen LogP contribution in [0.15, 0.2) is 29.3 Å². The van der Waals surface area contributed by atoms with Gasteiger partial charge in [0.05, 0.1) is 6.04 Å². The van der Waals surface area contributed by atoms with E-state index in [4.69, 9.17) is 10.5 Å². The van der Waals surface area contributed by atoms with Crippen LogP contribution in [0.3, 0.4) is 0 Å². The van der Waals surface area contributed by atoms with Gasteiger partial charge in [-0.1, -0.05) is 6.07 Å². The van der Waals surface area contributed by atoms with Crippen LogP contribution < -0.4 is 5.73 Å². The minimum atomic E-state index is 0.171. The molecular weight excluding hydrogens is 228 g/mol. The number of hydrogen-bond donors (Lipinski definition) is 2. The first-order valence-corrected chi connectivity index (χ1v) is 6.50. The number of nitrogens with two attached hydrogens (primary N) is 1. The van der Waals surface area contributed by atoms with Crippen LogP contribution in [0.1, 0.15) is 24.8 Å². The molecule has 1 aliphatic heterocycles. The summed E-state index contributed by atoms with van der Waals surface area (Å²) in [4.78, 5) is 4.63. The fraction of sp³-hybridized carbons (Fsp3) is 0.500. The Balaban J connectivity index is 1.77. The fourth-order valence-corrected chi connectivity index (χ4v) is 2.79. The number of phenols is 1. The van der Waals surface area contributed by atoms with E-state index in [1.165, 1.54) is 0 Å². The molecule has 0 bridgehead atoms. The molecule has 1 saturated carbocycles. The van der Waals surface area contributed by atoms with Gasteiger partial charge in [-0.05, 0) is 49.9 Å². The monoisotopic (exact) mass is 246 g/mol. The minimum Gasteiger partial charge on any atom is -0.508 e. The van der Waals surface area contributed by atoms with Gasteiger partial charge in [-0.3, -0.25) is 0 Å². The Hall–Kier alpha value is -1.55. The van der Waals surface area contributed by atoms with E-state index in [1.54, 1.807) is 18.2 Å². The Morgan fingerprint density at radius 1 is 1.39 bits per heavy atom. The molecule has 3 atom stereocenters. The summed E-state index contributed by atoms with van der Waals surface area (Å²) >= 11 is 0. The molecule has 3 unspecified atom stereocenters. The van der Waals surface area contributed by atoms with Gasteiger partial charge in [0.1, 0.15) is 11.9 Å². The molecule has 1 heterocycles. The van der Waals surface area contributed by atoms with Crippen molar-refractivity contribution in [2.24, 2.45) is 16.6 Å². The molecule has 0 saturated heterocycles. The summed E-state index contributed by atoms with van der Waals surface area (Å²) in [7, 11) is 0. The standard InChI is InChI=1S/C14H18N2O2/c15-8-9-4-5-12-13(6-9)18-14(16-12)10-2-1-3-11(17)7-10/h1-3,7,9,12-13,17H,4-6,8,15H2. The van der Waals surface area contributed by atoms with Crippen LogP contribution in [0, 0.1) is 5.92 Å². The quantitative estimate of drug-likeness (QED) is 0.834. The van der Waals surface area contributed by atoms with Crippen molar-refractivity contribution in [2.75, 3.05) is 6.54 Å². The molecular formula is C14H18N2O2. The van der Waals surface area contributed by atoms with E-state index in [2.05, 4.69) is 4.99 Å². The van der Waals surface area contributed by atoms with Crippen LogP contribution in [0.4, 0.5) is 0 Å². The maximum Gasteiger partial charge on any atom is 0.216 e. The summed E-state index contributed by atoms with van der Waals surface area (Å²) in [6, 6.07) is 7.33. The minimum absolute atomic E-state index is 0.171. The topological polar surface area (TPSA) is 67.8 Å². The average Bonchev–Trinajstić information content (AvgIpc) is 2.81. The molecule has 4 nitrogen and oxygen atoms in total. The van der Waals surface area contributed by atoms with E-state index < -0.39 is 0 Å². The highest BCUT2D eigenvalue weighted by molar-refractivity contribution is 5.95. The van der Waals surface area contributed by atoms with E-state index in [9.17, 15) is 5.11 Å². The molecule has 4 heteroatoms. The predicted octanol–water partition coefficient (Wildman–Crippen LogP) is 1.67. The van der Waals surface area contributed by atoms with Crippen molar-refractivity contribution >= 4 is 5.90 Å². The number of hydrogen-bond acceptors (Lipinski definition) is 4. The van der Waals surface area contributed by atoms with Gasteiger partial charge in [-0.25, -0.2) is 4.99 Å². The highest BCUT2D eigenvalue weighted by atomic mass is 16.5. The first-order valence-electron chi connectivity index (χ1n) is 6.50. The number of benzene rings is 1. The van der Waals surface area contributed by atoms with Crippen molar-refractivity contribution in [1.29, 1.82) is 0 Å². The molecule has 3 rings (SSSR count). The highest BCUT2D eigenvalue weighted by Crippen LogP contribution is 2.33. The van der Waals surface area contributed by atoms with Gasteiger partial charge in [0.2, 0.25) is 5.90 Å². The van der Waals surface area contributed by atoms with Gasteiger partial charge >= 0.3 is 0 Å². The van der Waals surface area contributed by atoms with Crippen LogP contribution >= 0.6 is 0 Å². The fourth-order valence-electron chi connectivity index (χ4n) is 2.79. The van der Waals surface area contributed by atoms with E-state index in [0.29, 0.717) is 11.8 Å². The summed E-state index contributed by atoms with van der Waals surface area (Å²) in [6.07, 6.45) is 3.35. The molecule has 96 valence electrons. The third-order valence-electron chi connectivity index (χ3n) is 3.84. The second-order valence-electron chi connectivity index (χ2n) is 5.12. The van der Waals surface area contributed by atoms with Crippen LogP contribution in [0.2, 0.25) is 0 Å². The first kappa shape index (κ1) is 11.5. The SMILES string of the molecule is NCC1CCC2N=C(c3cccc(O)c3)OC2C1. The Morgan fingerprint density at radius 3 is 3.06 bits per heavy atom. The van der Waals surface area contributed by atoms with E-state index in [1.807, 2.05) is 6.07 Å². The van der Waals surface area contributed by atoms with Crippen molar-refractivity contribution in [1.82, 2.24) is 0 Å². The summed E-state index contributed by atoms with van der Waals surface area (Å²) in [5.74, 6) is 1.47. The lowest BCUT2D eigenvalue weighted by Gasteiger charge is -2.28. The molecule has 0 radical (unpaired) electrons. The van der Waals surface area contributed by atoms with E-state index in [0.717, 1.165) is 31.4 Å². The van der Waals surface area contributed by atoms with Crippen molar-refractivity contribution in [2.45, 2.75) is 31.4 Å². The van der Waals surface area contributed by atoms with Crippen molar-refractivity contribution in [3.8, 4) is 5.75 Å². The number of nitrogens with zero attached hydrogens (tertiary/aromatic N) is 1. The lowest BCUT2D eigenvalue weighted by Crippen LogP contribution is -2.34. The molecule has 1 fully saturated rings. The van der Waals surface area contributed by atoms with Crippen molar-refractivity contribution in [3.05, 3.63) is 29.8 Å². The van der Waals surface area contributed by atoms with Gasteiger partial charge < -0.3 is 15.6 Å². The predicted molar refractivity (Wildman–Crippen MR) is 69.7 cm³/mol. The maximum atomic E-state index is 9.48. The summed E-state index contributed by atoms with van der Waals surface area (Å²) < 4.78 is 5.92. The highest BCUT2D eigenvalue weighted by Gasteiger charge is 2.36. The largest absolute Gasteiger partial charge is 0.508 e. The molecule has 0 spiro atoms. The zero-order valence-corrected chi connectivity index (χ0v) is 10.2. The van der Waals surface area contributed by atoms with Gasteiger partial charge in [0, 0.05) is 5.56 Å². The van der Waals surface area contributed by atoms with Gasteiger partial charge in [-0.15, -0.1) is 0 Å². The van der Waals surface area contributed by atoms with Gasteiger partial charge in [-0.2, -0.15) is 0 Å². The second kappa shape index (κ2) is 4.61. The lowest BCUT2D eigenvalue weighted by molar-refractivity contribution is 0.123. The smallest absolute Gasteiger partial charge is 0.216 e. The summed E-state index contributed by atoms with van der Waals surface area (Å²) in [5.41, 5.74) is 6.58. The van der Waals surface area contributed by atoms with Crippen molar-refractivity contribution < 1.29 is 9.84 Å². The maximum absolute atomic E-state index is 9.48. The molecule has 18 heavy (non-hydrogen) atoms. The summed E-state index contributed by atoms with van der Waals surface area (Å²) in [6.45, 7) is 0.730. The Bertz CT molecular complexity index is 473. The Morgan fingerprint density at radius 2 is 2.28 bits per heavy atom. The number of ether oxygens (including phenoxy) is 1. The number of rotatable bonds is 2. The molecule has 0 amide bonds. The molecule has 0 aromatic heterocycles. The molecule has 3 N–H and O–H groups in total. The van der Waals surface area contributed by atoms with Gasteiger partial charge in [0.15, 0.2) is 0 Å². The zero-order chi connectivity index (χ0) is 12.5. The number of phenolic OH excluding ortho intramolecular Hbond substituents is 1. The van der Waals surface area contributed by atoms with E-state index in [-0.39, 0.29) is 17.9 Å². The van der Waals surface area contributed by atoms with Crippen LogP contribution in [-0.4, -0.2) is 29.7 Å². The molecule has 1 aromatic carbocycles. The van der Waals surface area contributed by atoms with Crippen LogP contribution in [0.25, 0.3) is 0 Å². The Labute approximate surface area is 106 Å². The Kier molecular flexibility index (Phi) is 2.96. The molecule has 1 aromatic rings. The average molecular weight is 246 g/mol. The number of fused-ring (bicyclic) bond motifs is 1. The van der Waals surface area contributed by atoms with Crippen molar-refractivity contribution in [3.63, 3.8) is 0 Å². The van der Waals surface area contributed by atoms with Gasteiger partial charge in [0.25, 0.3) is 0 Å². The normalized spacial score (nSPS) is 30.5. The number of aromatic hydroxyl groups is 1. The molecule has 2 aliphatic rings. The zero-order valence-electron chi connectivity index (χ0n) is 10.2. The van der Waals surface area contributed by atoms with E-state index >= 15 is 0 Å².